The fourth-order valence-electron chi connectivity index (χ4n) is 6.18. The fraction of sp³-hybridized carbons (Fsp3) is 0.923. The van der Waals surface area contributed by atoms with Gasteiger partial charge in [0.05, 0.1) is 12.6 Å². The monoisotopic (exact) mass is 482 g/mol. The molecule has 2 saturated carbocycles. The molecule has 6 N–H and O–H groups in total. The summed E-state index contributed by atoms with van der Waals surface area (Å²) in [5, 5.41) is 16.2. The Labute approximate surface area is 206 Å². The summed E-state index contributed by atoms with van der Waals surface area (Å²) >= 11 is 0. The molecule has 0 aromatic heterocycles. The molecule has 0 radical (unpaired) electrons. The molecule has 0 aromatic rings. The molecule has 0 heterocycles. The van der Waals surface area contributed by atoms with Crippen molar-refractivity contribution < 1.29 is 19.8 Å². The third-order valence-corrected chi connectivity index (χ3v) is 6.72. The van der Waals surface area contributed by atoms with Crippen LogP contribution in [0.5, 0.6) is 0 Å². The zero-order valence-electron chi connectivity index (χ0n) is 22.4. The van der Waals surface area contributed by atoms with Gasteiger partial charge in [-0.05, 0) is 79.6 Å². The summed E-state index contributed by atoms with van der Waals surface area (Å²) in [6.07, 6.45) is 10.8. The molecule has 34 heavy (non-hydrogen) atoms. The van der Waals surface area contributed by atoms with Crippen LogP contribution in [-0.2, 0) is 9.59 Å². The average molecular weight is 483 g/mol. The highest BCUT2D eigenvalue weighted by atomic mass is 16.3. The van der Waals surface area contributed by atoms with Gasteiger partial charge < -0.3 is 21.7 Å². The summed E-state index contributed by atoms with van der Waals surface area (Å²) in [4.78, 5) is 28.0. The van der Waals surface area contributed by atoms with E-state index in [1.165, 1.54) is 6.42 Å². The summed E-state index contributed by atoms with van der Waals surface area (Å²) in [5.41, 5.74) is 12.5. The number of nitrogens with zero attached hydrogens (tertiary/aromatic N) is 2. The van der Waals surface area contributed by atoms with Crippen LogP contribution < -0.4 is 11.5 Å². The number of isocyanates is 2. The quantitative estimate of drug-likeness (QED) is 0.248. The lowest BCUT2D eigenvalue weighted by Crippen LogP contribution is -2.45. The number of aliphatic hydroxyl groups is 2. The van der Waals surface area contributed by atoms with Gasteiger partial charge in [0.2, 0.25) is 12.2 Å². The minimum absolute atomic E-state index is 0.00750. The highest BCUT2D eigenvalue weighted by Crippen LogP contribution is 2.47. The molecule has 0 amide bonds. The van der Waals surface area contributed by atoms with Crippen molar-refractivity contribution in [2.24, 2.45) is 43.1 Å². The van der Waals surface area contributed by atoms with E-state index in [2.05, 4.69) is 51.5 Å². The zero-order chi connectivity index (χ0) is 26.5. The van der Waals surface area contributed by atoms with Crippen molar-refractivity contribution in [1.82, 2.24) is 0 Å². The van der Waals surface area contributed by atoms with Crippen molar-refractivity contribution in [3.63, 3.8) is 0 Å². The average Bonchev–Trinajstić information content (AvgIpc) is 2.69. The normalized spacial score (nSPS) is 31.4. The summed E-state index contributed by atoms with van der Waals surface area (Å²) in [7, 11) is 0. The van der Waals surface area contributed by atoms with E-state index in [4.69, 9.17) is 21.7 Å². The maximum absolute atomic E-state index is 10.3. The van der Waals surface area contributed by atoms with Crippen molar-refractivity contribution in [1.29, 1.82) is 0 Å². The molecule has 0 aromatic carbocycles. The Morgan fingerprint density at radius 1 is 0.824 bits per heavy atom. The van der Waals surface area contributed by atoms with Gasteiger partial charge in [-0.3, -0.25) is 0 Å². The topological polar surface area (TPSA) is 151 Å². The number of aliphatic imine (C=N–C) groups is 2. The van der Waals surface area contributed by atoms with Crippen LogP contribution >= 0.6 is 0 Å². The van der Waals surface area contributed by atoms with Crippen molar-refractivity contribution in [2.75, 3.05) is 26.3 Å². The van der Waals surface area contributed by atoms with Crippen LogP contribution in [-0.4, -0.2) is 60.8 Å². The molecule has 8 heteroatoms. The van der Waals surface area contributed by atoms with E-state index in [0.717, 1.165) is 51.5 Å². The minimum Gasteiger partial charge on any atom is -0.396 e. The first-order valence-corrected chi connectivity index (χ1v) is 12.5. The highest BCUT2D eigenvalue weighted by molar-refractivity contribution is 5.34. The van der Waals surface area contributed by atoms with Gasteiger partial charge in [0.1, 0.15) is 0 Å². The Kier molecular flexibility index (Phi) is 14.3. The molecule has 198 valence electrons. The number of nitrogens with two attached hydrogens (primary N) is 2. The van der Waals surface area contributed by atoms with Gasteiger partial charge in [-0.2, -0.15) is 0 Å². The van der Waals surface area contributed by atoms with E-state index in [1.54, 1.807) is 12.2 Å². The number of rotatable bonds is 7. The lowest BCUT2D eigenvalue weighted by atomic mass is 9.63. The predicted octanol–water partition coefficient (Wildman–Crippen LogP) is 3.48. The summed E-state index contributed by atoms with van der Waals surface area (Å²) < 4.78 is 0. The number of aliphatic hydroxyl groups excluding tert-OH is 2. The smallest absolute Gasteiger partial charge is 0.235 e. The lowest BCUT2D eigenvalue weighted by Gasteiger charge is -2.45. The molecule has 0 saturated heterocycles. The van der Waals surface area contributed by atoms with Gasteiger partial charge >= 0.3 is 0 Å². The largest absolute Gasteiger partial charge is 0.396 e. The number of unbranched alkanes of at least 4 members (excludes halogenated alkanes) is 1. The molecule has 4 atom stereocenters. The Bertz CT molecular complexity index is 682. The van der Waals surface area contributed by atoms with Gasteiger partial charge in [-0.25, -0.2) is 19.6 Å². The maximum Gasteiger partial charge on any atom is 0.235 e. The SMILES string of the molecule is CC1(C)CC(N)CC(C)(CN)C1.CC1(C)CC(N=C=O)CC(C)(CN=C=O)C1.OCCCCO. The van der Waals surface area contributed by atoms with Crippen molar-refractivity contribution >= 4 is 12.2 Å². The van der Waals surface area contributed by atoms with E-state index in [-0.39, 0.29) is 35.5 Å². The van der Waals surface area contributed by atoms with E-state index in [9.17, 15) is 9.59 Å². The summed E-state index contributed by atoms with van der Waals surface area (Å²) in [6.45, 7) is 14.9. The maximum atomic E-state index is 10.3. The van der Waals surface area contributed by atoms with Gasteiger partial charge in [0.15, 0.2) is 0 Å². The van der Waals surface area contributed by atoms with Gasteiger partial charge in [0.25, 0.3) is 0 Å². The molecule has 4 unspecified atom stereocenters. The third-order valence-electron chi connectivity index (χ3n) is 6.72. The number of hydrogen-bond acceptors (Lipinski definition) is 8. The number of hydrogen-bond donors (Lipinski definition) is 4. The van der Waals surface area contributed by atoms with Gasteiger partial charge in [-0.15, -0.1) is 0 Å². The van der Waals surface area contributed by atoms with Crippen LogP contribution in [0.3, 0.4) is 0 Å². The van der Waals surface area contributed by atoms with Crippen LogP contribution in [0.2, 0.25) is 0 Å². The van der Waals surface area contributed by atoms with Crippen LogP contribution in [0.1, 0.15) is 92.9 Å². The second-order valence-electron chi connectivity index (χ2n) is 12.5. The molecule has 2 fully saturated rings. The van der Waals surface area contributed by atoms with Crippen LogP contribution in [0, 0.1) is 21.7 Å². The third kappa shape index (κ3) is 13.5. The Morgan fingerprint density at radius 3 is 1.79 bits per heavy atom. The zero-order valence-corrected chi connectivity index (χ0v) is 22.4. The lowest BCUT2D eigenvalue weighted by molar-refractivity contribution is 0.0903. The van der Waals surface area contributed by atoms with Crippen LogP contribution in [0.25, 0.3) is 0 Å². The summed E-state index contributed by atoms with van der Waals surface area (Å²) in [6, 6.07) is 0.357. The van der Waals surface area contributed by atoms with Gasteiger partial charge in [-0.1, -0.05) is 41.5 Å². The molecule has 2 aliphatic rings. The molecule has 2 rings (SSSR count). The van der Waals surface area contributed by atoms with E-state index in [1.807, 2.05) is 0 Å². The van der Waals surface area contributed by atoms with E-state index >= 15 is 0 Å². The van der Waals surface area contributed by atoms with Crippen LogP contribution in [0.15, 0.2) is 9.98 Å². The molecule has 0 aliphatic heterocycles. The van der Waals surface area contributed by atoms with Crippen molar-refractivity contribution in [3.8, 4) is 0 Å². The Morgan fingerprint density at radius 2 is 1.35 bits per heavy atom. The molecular weight excluding hydrogens is 432 g/mol. The number of carbonyl (C=O) groups excluding carboxylic acids is 2. The Hall–Kier alpha value is -1.40. The first-order chi connectivity index (χ1) is 15.7. The second kappa shape index (κ2) is 14.9. The van der Waals surface area contributed by atoms with Crippen molar-refractivity contribution in [3.05, 3.63) is 0 Å². The predicted molar refractivity (Wildman–Crippen MR) is 137 cm³/mol. The fourth-order valence-corrected chi connectivity index (χ4v) is 6.18. The van der Waals surface area contributed by atoms with E-state index < -0.39 is 0 Å². The van der Waals surface area contributed by atoms with Gasteiger partial charge in [0, 0.05) is 19.3 Å². The van der Waals surface area contributed by atoms with Crippen LogP contribution in [0.4, 0.5) is 0 Å². The summed E-state index contributed by atoms with van der Waals surface area (Å²) in [5.74, 6) is 0. The van der Waals surface area contributed by atoms with Crippen molar-refractivity contribution in [2.45, 2.75) is 105 Å². The minimum atomic E-state index is -0.0653. The second-order valence-corrected chi connectivity index (χ2v) is 12.5. The first kappa shape index (κ1) is 32.6. The molecular formula is C26H50N4O4. The highest BCUT2D eigenvalue weighted by Gasteiger charge is 2.41. The molecule has 0 spiro atoms. The molecule has 8 nitrogen and oxygen atoms in total. The standard InChI is InChI=1S/C12H18N2O2.C10H22N2.C4H10O2/c1-11(2)4-10(14-9-16)5-12(3,6-11)7-13-8-15;1-9(2)4-8(12)5-10(3,6-9)7-11;5-3-1-2-4-6/h10H,4-7H2,1-3H3;8H,4-7,11-12H2,1-3H3;5-6H,1-4H2. The first-order valence-electron chi connectivity index (χ1n) is 12.5. The Balaban J connectivity index is 0.000000532. The molecule has 2 aliphatic carbocycles. The van der Waals surface area contributed by atoms with E-state index in [0.29, 0.717) is 18.0 Å². The molecule has 0 bridgehead atoms.